The molecule has 1 aromatic heterocycles. The second-order valence-electron chi connectivity index (χ2n) is 2.79. The van der Waals surface area contributed by atoms with Crippen LogP contribution in [0.25, 0.3) is 11.0 Å². The number of aromatic carboxylic acids is 1. The number of carboxylic acid groups (broad SMARTS) is 1. The molecule has 1 N–H and O–H groups in total. The molecule has 16 heavy (non-hydrogen) atoms. The summed E-state index contributed by atoms with van der Waals surface area (Å²) in [7, 11) is 0. The zero-order chi connectivity index (χ0) is 11.0. The number of benzene rings is 1. The van der Waals surface area contributed by atoms with Crippen LogP contribution in [0.5, 0.6) is 0 Å². The Kier molecular flexibility index (Phi) is 3.91. The second kappa shape index (κ2) is 4.82. The van der Waals surface area contributed by atoms with Gasteiger partial charge in [0, 0.05) is 0 Å². The predicted molar refractivity (Wildman–Crippen MR) is 63.8 cm³/mol. The van der Waals surface area contributed by atoms with Crippen LogP contribution in [0.4, 0.5) is 0 Å². The third kappa shape index (κ3) is 2.19. The fourth-order valence-corrected chi connectivity index (χ4v) is 1.62. The largest absolute Gasteiger partial charge is 0.478 e. The second-order valence-corrected chi connectivity index (χ2v) is 3.56. The van der Waals surface area contributed by atoms with Crippen molar-refractivity contribution >= 4 is 52.6 Å². The molecular weight excluding hydrogens is 274 g/mol. The summed E-state index contributed by atoms with van der Waals surface area (Å²) in [6.45, 7) is 0. The third-order valence-corrected chi connectivity index (χ3v) is 2.42. The minimum Gasteiger partial charge on any atom is -0.478 e. The van der Waals surface area contributed by atoms with E-state index in [-0.39, 0.29) is 28.1 Å². The van der Waals surface area contributed by atoms with Gasteiger partial charge < -0.3 is 5.11 Å². The topological polar surface area (TPSA) is 63.1 Å². The molecule has 0 aliphatic carbocycles. The molecule has 0 aliphatic heterocycles. The van der Waals surface area contributed by atoms with E-state index < -0.39 is 5.97 Å². The van der Waals surface area contributed by atoms with E-state index in [2.05, 4.69) is 9.97 Å². The lowest BCUT2D eigenvalue weighted by molar-refractivity contribution is 0.0697. The molecule has 0 atom stereocenters. The average molecular weight is 280 g/mol. The Morgan fingerprint density at radius 2 is 2.00 bits per heavy atom. The molecule has 1 heterocycles. The molecule has 1 aromatic carbocycles. The van der Waals surface area contributed by atoms with Crippen LogP contribution in [-0.4, -0.2) is 21.0 Å². The fourth-order valence-electron chi connectivity index (χ4n) is 1.19. The maximum absolute atomic E-state index is 10.8. The Labute approximate surface area is 107 Å². The molecule has 84 valence electrons. The van der Waals surface area contributed by atoms with Crippen LogP contribution >= 0.6 is 35.6 Å². The maximum atomic E-state index is 10.8. The molecule has 0 saturated carbocycles. The number of carboxylic acids is 1. The zero-order valence-corrected chi connectivity index (χ0v) is 9.97. The summed E-state index contributed by atoms with van der Waals surface area (Å²) in [5.74, 6) is -1.10. The Bertz CT molecular complexity index is 560. The van der Waals surface area contributed by atoms with Gasteiger partial charge in [0.2, 0.25) is 0 Å². The van der Waals surface area contributed by atoms with Crippen molar-refractivity contribution in [3.63, 3.8) is 0 Å². The van der Waals surface area contributed by atoms with Crippen LogP contribution in [0.15, 0.2) is 18.3 Å². The molecule has 0 spiro atoms. The number of fused-ring (bicyclic) bond motifs is 1. The van der Waals surface area contributed by atoms with Gasteiger partial charge in [0.15, 0.2) is 0 Å². The molecule has 2 rings (SSSR count). The average Bonchev–Trinajstić information content (AvgIpc) is 2.17. The van der Waals surface area contributed by atoms with E-state index in [1.165, 1.54) is 18.3 Å². The Morgan fingerprint density at radius 1 is 1.31 bits per heavy atom. The lowest BCUT2D eigenvalue weighted by atomic mass is 10.2. The number of rotatable bonds is 1. The SMILES string of the molecule is Cl.O=C(O)c1ccc2nc(Cl)cnc2c1Cl. The van der Waals surface area contributed by atoms with E-state index >= 15 is 0 Å². The van der Waals surface area contributed by atoms with Gasteiger partial charge in [-0.2, -0.15) is 0 Å². The van der Waals surface area contributed by atoms with Gasteiger partial charge in [0.1, 0.15) is 10.7 Å². The molecule has 0 amide bonds. The van der Waals surface area contributed by atoms with Crippen molar-refractivity contribution in [1.29, 1.82) is 0 Å². The van der Waals surface area contributed by atoms with Crippen molar-refractivity contribution in [2.45, 2.75) is 0 Å². The Morgan fingerprint density at radius 3 is 2.62 bits per heavy atom. The van der Waals surface area contributed by atoms with Crippen LogP contribution in [0, 0.1) is 0 Å². The molecule has 0 radical (unpaired) electrons. The highest BCUT2D eigenvalue weighted by Crippen LogP contribution is 2.25. The zero-order valence-electron chi connectivity index (χ0n) is 7.65. The highest BCUT2D eigenvalue weighted by molar-refractivity contribution is 6.38. The van der Waals surface area contributed by atoms with Gasteiger partial charge in [0.05, 0.1) is 22.3 Å². The molecule has 4 nitrogen and oxygen atoms in total. The first-order chi connectivity index (χ1) is 7.09. The smallest absolute Gasteiger partial charge is 0.337 e. The molecule has 0 fully saturated rings. The molecular formula is C9H5Cl3N2O2. The maximum Gasteiger partial charge on any atom is 0.337 e. The first-order valence-corrected chi connectivity index (χ1v) is 4.69. The van der Waals surface area contributed by atoms with E-state index in [9.17, 15) is 4.79 Å². The molecule has 2 aromatic rings. The van der Waals surface area contributed by atoms with Crippen LogP contribution in [0.3, 0.4) is 0 Å². The number of halogens is 3. The predicted octanol–water partition coefficient (Wildman–Crippen LogP) is 3.06. The molecule has 0 aliphatic rings. The Balaban J connectivity index is 0.00000128. The van der Waals surface area contributed by atoms with Gasteiger partial charge in [-0.25, -0.2) is 14.8 Å². The minimum atomic E-state index is -1.10. The summed E-state index contributed by atoms with van der Waals surface area (Å²) >= 11 is 11.5. The van der Waals surface area contributed by atoms with Gasteiger partial charge in [0.25, 0.3) is 0 Å². The highest BCUT2D eigenvalue weighted by atomic mass is 35.5. The van der Waals surface area contributed by atoms with Crippen molar-refractivity contribution < 1.29 is 9.90 Å². The van der Waals surface area contributed by atoms with Crippen molar-refractivity contribution in [3.05, 3.63) is 34.1 Å². The van der Waals surface area contributed by atoms with E-state index in [0.717, 1.165) is 0 Å². The summed E-state index contributed by atoms with van der Waals surface area (Å²) in [5.41, 5.74) is 0.805. The van der Waals surface area contributed by atoms with Gasteiger partial charge >= 0.3 is 5.97 Å². The first kappa shape index (κ1) is 13.0. The van der Waals surface area contributed by atoms with E-state index in [1.807, 2.05) is 0 Å². The third-order valence-electron chi connectivity index (χ3n) is 1.85. The number of hydrogen-bond acceptors (Lipinski definition) is 3. The number of nitrogens with zero attached hydrogens (tertiary/aromatic N) is 2. The van der Waals surface area contributed by atoms with Gasteiger partial charge in [-0.3, -0.25) is 0 Å². The quantitative estimate of drug-likeness (QED) is 0.871. The number of aromatic nitrogens is 2. The normalized spacial score (nSPS) is 9.88. The van der Waals surface area contributed by atoms with E-state index in [1.54, 1.807) is 0 Å². The minimum absolute atomic E-state index is 0. The van der Waals surface area contributed by atoms with Crippen LogP contribution in [-0.2, 0) is 0 Å². The molecule has 0 unspecified atom stereocenters. The number of hydrogen-bond donors (Lipinski definition) is 1. The van der Waals surface area contributed by atoms with Gasteiger partial charge in [-0.05, 0) is 12.1 Å². The van der Waals surface area contributed by atoms with Crippen LogP contribution in [0.1, 0.15) is 10.4 Å². The molecule has 0 bridgehead atoms. The summed E-state index contributed by atoms with van der Waals surface area (Å²) < 4.78 is 0. The molecule has 0 saturated heterocycles. The van der Waals surface area contributed by atoms with Crippen LogP contribution in [0.2, 0.25) is 10.2 Å². The first-order valence-electron chi connectivity index (χ1n) is 3.93. The van der Waals surface area contributed by atoms with Crippen molar-refractivity contribution in [3.8, 4) is 0 Å². The van der Waals surface area contributed by atoms with Crippen molar-refractivity contribution in [2.24, 2.45) is 0 Å². The summed E-state index contributed by atoms with van der Waals surface area (Å²) in [6, 6.07) is 2.89. The summed E-state index contributed by atoms with van der Waals surface area (Å²) in [5, 5.41) is 9.13. The van der Waals surface area contributed by atoms with E-state index in [0.29, 0.717) is 11.0 Å². The molecule has 7 heteroatoms. The highest BCUT2D eigenvalue weighted by Gasteiger charge is 2.13. The summed E-state index contributed by atoms with van der Waals surface area (Å²) in [4.78, 5) is 18.7. The standard InChI is InChI=1S/C9H4Cl2N2O2.ClH/c10-6-3-12-8-5(13-6)2-1-4(7(8)11)9(14)15;/h1-3H,(H,14,15);1H. The Hall–Kier alpha value is -1.10. The van der Waals surface area contributed by atoms with Gasteiger partial charge in [-0.1, -0.05) is 23.2 Å². The van der Waals surface area contributed by atoms with Crippen molar-refractivity contribution in [2.75, 3.05) is 0 Å². The van der Waals surface area contributed by atoms with Crippen LogP contribution < -0.4 is 0 Å². The van der Waals surface area contributed by atoms with Gasteiger partial charge in [-0.15, -0.1) is 12.4 Å². The fraction of sp³-hybridized carbons (Fsp3) is 0. The summed E-state index contributed by atoms with van der Waals surface area (Å²) in [6.07, 6.45) is 1.32. The lowest BCUT2D eigenvalue weighted by Gasteiger charge is -2.02. The van der Waals surface area contributed by atoms with Crippen molar-refractivity contribution in [1.82, 2.24) is 9.97 Å². The lowest BCUT2D eigenvalue weighted by Crippen LogP contribution is -1.98. The van der Waals surface area contributed by atoms with E-state index in [4.69, 9.17) is 28.3 Å². The monoisotopic (exact) mass is 278 g/mol. The number of carbonyl (C=O) groups is 1.